The molecule has 3 aromatic rings. The third kappa shape index (κ3) is 5.02. The Kier molecular flexibility index (Phi) is 5.59. The number of aromatic nitrogens is 2. The quantitative estimate of drug-likeness (QED) is 0.666. The van der Waals surface area contributed by atoms with Gasteiger partial charge in [-0.2, -0.15) is 0 Å². The molecule has 0 saturated carbocycles. The van der Waals surface area contributed by atoms with Gasteiger partial charge in [-0.25, -0.2) is 9.97 Å². The van der Waals surface area contributed by atoms with Crippen LogP contribution >= 0.6 is 11.6 Å². The minimum atomic E-state index is -0.125. The zero-order valence-corrected chi connectivity index (χ0v) is 14.2. The average molecular weight is 353 g/mol. The number of nitrogens with zero attached hydrogens (tertiary/aromatic N) is 2. The summed E-state index contributed by atoms with van der Waals surface area (Å²) in [6.45, 7) is 0.593. The molecule has 0 fully saturated rings. The molecule has 25 heavy (non-hydrogen) atoms. The zero-order valence-electron chi connectivity index (χ0n) is 13.4. The van der Waals surface area contributed by atoms with Crippen molar-refractivity contribution in [3.8, 4) is 11.4 Å². The van der Waals surface area contributed by atoms with E-state index >= 15 is 0 Å². The maximum absolute atomic E-state index is 12.0. The first-order valence-electron chi connectivity index (χ1n) is 7.85. The third-order valence-corrected chi connectivity index (χ3v) is 3.68. The minimum absolute atomic E-state index is 0.106. The fourth-order valence-electron chi connectivity index (χ4n) is 2.25. The van der Waals surface area contributed by atoms with Gasteiger partial charge in [0.25, 0.3) is 0 Å². The second kappa shape index (κ2) is 8.26. The van der Waals surface area contributed by atoms with Crippen molar-refractivity contribution in [2.45, 2.75) is 6.54 Å². The van der Waals surface area contributed by atoms with Crippen LogP contribution in [0, 0.1) is 0 Å². The Hall–Kier alpha value is -2.92. The molecule has 0 bridgehead atoms. The van der Waals surface area contributed by atoms with E-state index in [1.54, 1.807) is 6.07 Å². The number of halogens is 1. The topological polar surface area (TPSA) is 66.9 Å². The van der Waals surface area contributed by atoms with Crippen molar-refractivity contribution in [2.24, 2.45) is 0 Å². The lowest BCUT2D eigenvalue weighted by Gasteiger charge is -2.09. The van der Waals surface area contributed by atoms with E-state index in [2.05, 4.69) is 20.6 Å². The highest BCUT2D eigenvalue weighted by molar-refractivity contribution is 6.29. The van der Waals surface area contributed by atoms with Crippen LogP contribution in [0.15, 0.2) is 66.7 Å². The molecule has 0 aliphatic carbocycles. The van der Waals surface area contributed by atoms with Crippen LogP contribution in [0.5, 0.6) is 0 Å². The predicted octanol–water partition coefficient (Wildman–Crippen LogP) is 3.53. The summed E-state index contributed by atoms with van der Waals surface area (Å²) < 4.78 is 0. The molecule has 1 aromatic heterocycles. The summed E-state index contributed by atoms with van der Waals surface area (Å²) >= 11 is 6.06. The van der Waals surface area contributed by atoms with Crippen LogP contribution < -0.4 is 10.6 Å². The van der Waals surface area contributed by atoms with Crippen molar-refractivity contribution < 1.29 is 4.79 Å². The van der Waals surface area contributed by atoms with Crippen molar-refractivity contribution in [2.75, 3.05) is 11.9 Å². The monoisotopic (exact) mass is 352 g/mol. The van der Waals surface area contributed by atoms with Crippen LogP contribution in [0.1, 0.15) is 5.56 Å². The predicted molar refractivity (Wildman–Crippen MR) is 99.3 cm³/mol. The first-order chi connectivity index (χ1) is 12.2. The van der Waals surface area contributed by atoms with Gasteiger partial charge in [-0.3, -0.25) is 4.79 Å². The molecule has 0 saturated heterocycles. The van der Waals surface area contributed by atoms with E-state index in [1.165, 1.54) is 0 Å². The van der Waals surface area contributed by atoms with Crippen LogP contribution in [0.3, 0.4) is 0 Å². The Morgan fingerprint density at radius 1 is 0.960 bits per heavy atom. The molecule has 0 radical (unpaired) electrons. The van der Waals surface area contributed by atoms with Crippen LogP contribution in [0.2, 0.25) is 5.15 Å². The van der Waals surface area contributed by atoms with Gasteiger partial charge in [0, 0.05) is 18.2 Å². The zero-order chi connectivity index (χ0) is 17.5. The van der Waals surface area contributed by atoms with E-state index in [-0.39, 0.29) is 12.5 Å². The van der Waals surface area contributed by atoms with E-state index in [9.17, 15) is 4.79 Å². The molecule has 1 amide bonds. The number of carbonyl (C=O) groups excluding carboxylic acids is 1. The van der Waals surface area contributed by atoms with Gasteiger partial charge in [0.05, 0.1) is 6.54 Å². The second-order valence-electron chi connectivity index (χ2n) is 5.38. The fourth-order valence-corrected chi connectivity index (χ4v) is 2.44. The summed E-state index contributed by atoms with van der Waals surface area (Å²) in [5.74, 6) is 0.897. The van der Waals surface area contributed by atoms with Crippen molar-refractivity contribution >= 4 is 23.3 Å². The summed E-state index contributed by atoms with van der Waals surface area (Å²) in [6.07, 6.45) is 0. The summed E-state index contributed by atoms with van der Waals surface area (Å²) in [5.41, 5.74) is 1.91. The first kappa shape index (κ1) is 16.9. The molecule has 0 aliphatic heterocycles. The first-order valence-corrected chi connectivity index (χ1v) is 8.23. The summed E-state index contributed by atoms with van der Waals surface area (Å²) in [7, 11) is 0. The number of amides is 1. The van der Waals surface area contributed by atoms with Crippen molar-refractivity contribution in [1.29, 1.82) is 0 Å². The molecule has 6 heteroatoms. The second-order valence-corrected chi connectivity index (χ2v) is 5.77. The Morgan fingerprint density at radius 3 is 2.36 bits per heavy atom. The van der Waals surface area contributed by atoms with Crippen LogP contribution in [-0.4, -0.2) is 22.4 Å². The van der Waals surface area contributed by atoms with E-state index in [0.29, 0.717) is 23.3 Å². The van der Waals surface area contributed by atoms with Crippen LogP contribution in [0.25, 0.3) is 11.4 Å². The molecular weight excluding hydrogens is 336 g/mol. The van der Waals surface area contributed by atoms with Crippen molar-refractivity contribution in [3.05, 3.63) is 77.4 Å². The lowest BCUT2D eigenvalue weighted by atomic mass is 10.2. The summed E-state index contributed by atoms with van der Waals surface area (Å²) in [5, 5.41) is 6.16. The molecule has 5 nitrogen and oxygen atoms in total. The van der Waals surface area contributed by atoms with E-state index < -0.39 is 0 Å². The Labute approximate surface area is 151 Å². The average Bonchev–Trinajstić information content (AvgIpc) is 2.66. The number of rotatable bonds is 6. The lowest BCUT2D eigenvalue weighted by molar-refractivity contribution is -0.119. The minimum Gasteiger partial charge on any atom is -0.361 e. The molecule has 0 spiro atoms. The maximum atomic E-state index is 12.0. The van der Waals surface area contributed by atoms with E-state index in [0.717, 1.165) is 11.1 Å². The number of benzene rings is 2. The normalized spacial score (nSPS) is 10.3. The Morgan fingerprint density at radius 2 is 1.64 bits per heavy atom. The molecular formula is C19H17ClN4O. The Bertz CT molecular complexity index is 841. The summed E-state index contributed by atoms with van der Waals surface area (Å²) in [4.78, 5) is 20.6. The van der Waals surface area contributed by atoms with Gasteiger partial charge in [-0.15, -0.1) is 0 Å². The lowest BCUT2D eigenvalue weighted by Crippen LogP contribution is -2.29. The molecule has 0 atom stereocenters. The van der Waals surface area contributed by atoms with Gasteiger partial charge in [-0.05, 0) is 5.56 Å². The third-order valence-electron chi connectivity index (χ3n) is 3.49. The largest absolute Gasteiger partial charge is 0.361 e. The molecule has 3 rings (SSSR count). The SMILES string of the molecule is O=C(CNc1cc(Cl)nc(-c2ccccc2)n1)NCc1ccccc1. The van der Waals surface area contributed by atoms with Gasteiger partial charge < -0.3 is 10.6 Å². The molecule has 1 heterocycles. The van der Waals surface area contributed by atoms with Gasteiger partial charge in [0.15, 0.2) is 5.82 Å². The van der Waals surface area contributed by atoms with Gasteiger partial charge in [0.2, 0.25) is 5.91 Å². The number of hydrogen-bond donors (Lipinski definition) is 2. The molecule has 126 valence electrons. The van der Waals surface area contributed by atoms with Gasteiger partial charge >= 0.3 is 0 Å². The smallest absolute Gasteiger partial charge is 0.239 e. The van der Waals surface area contributed by atoms with E-state index in [1.807, 2.05) is 60.7 Å². The van der Waals surface area contributed by atoms with Crippen molar-refractivity contribution in [1.82, 2.24) is 15.3 Å². The Balaban J connectivity index is 1.59. The number of anilines is 1. The number of hydrogen-bond acceptors (Lipinski definition) is 4. The molecule has 0 aliphatic rings. The van der Waals surface area contributed by atoms with Crippen LogP contribution in [0.4, 0.5) is 5.82 Å². The molecule has 2 aromatic carbocycles. The van der Waals surface area contributed by atoms with Gasteiger partial charge in [0.1, 0.15) is 11.0 Å². The highest BCUT2D eigenvalue weighted by Gasteiger charge is 2.07. The highest BCUT2D eigenvalue weighted by Crippen LogP contribution is 2.19. The fraction of sp³-hybridized carbons (Fsp3) is 0.105. The summed E-state index contributed by atoms with van der Waals surface area (Å²) in [6, 6.07) is 20.9. The highest BCUT2D eigenvalue weighted by atomic mass is 35.5. The molecule has 2 N–H and O–H groups in total. The van der Waals surface area contributed by atoms with Crippen LogP contribution in [-0.2, 0) is 11.3 Å². The standard InChI is InChI=1S/C19H17ClN4O/c20-16-11-17(24-19(23-16)15-9-5-2-6-10-15)21-13-18(25)22-12-14-7-3-1-4-8-14/h1-11H,12-13H2,(H,22,25)(H,21,23,24). The molecule has 0 unspecified atom stereocenters. The van der Waals surface area contributed by atoms with Crippen molar-refractivity contribution in [3.63, 3.8) is 0 Å². The maximum Gasteiger partial charge on any atom is 0.239 e. The number of nitrogens with one attached hydrogen (secondary N) is 2. The van der Waals surface area contributed by atoms with E-state index in [4.69, 9.17) is 11.6 Å². The number of carbonyl (C=O) groups is 1. The van der Waals surface area contributed by atoms with Gasteiger partial charge in [-0.1, -0.05) is 72.3 Å².